The van der Waals surface area contributed by atoms with Crippen LogP contribution in [0.25, 0.3) is 0 Å². The third kappa shape index (κ3) is 6.65. The molecule has 0 fully saturated rings. The highest BCUT2D eigenvalue weighted by molar-refractivity contribution is 6.80. The molecule has 0 aliphatic carbocycles. The predicted octanol–water partition coefficient (Wildman–Crippen LogP) is 1.86. The zero-order valence-corrected chi connectivity index (χ0v) is 14.0. The van der Waals surface area contributed by atoms with Gasteiger partial charge in [-0.05, 0) is 40.8 Å². The highest BCUT2D eigenvalue weighted by Crippen LogP contribution is 2.11. The lowest BCUT2D eigenvalue weighted by atomic mass is 10.9. The van der Waals surface area contributed by atoms with Gasteiger partial charge in [0.15, 0.2) is 0 Å². The summed E-state index contributed by atoms with van der Waals surface area (Å²) < 4.78 is 26.4. The summed E-state index contributed by atoms with van der Waals surface area (Å²) in [6, 6.07) is 0. The van der Waals surface area contributed by atoms with Gasteiger partial charge in [0.25, 0.3) is 0 Å². The van der Waals surface area contributed by atoms with E-state index < -0.39 is 17.4 Å². The van der Waals surface area contributed by atoms with E-state index in [2.05, 4.69) is 4.65 Å². The number of nitrogens with one attached hydrogen (secondary N) is 1. The lowest BCUT2D eigenvalue weighted by Gasteiger charge is -2.35. The van der Waals surface area contributed by atoms with Crippen LogP contribution in [0, 0.1) is 0 Å². The first-order valence-corrected chi connectivity index (χ1v) is 10.9. The Morgan fingerprint density at radius 2 is 0.882 bits per heavy atom. The van der Waals surface area contributed by atoms with Crippen molar-refractivity contribution in [3.63, 3.8) is 0 Å². The smallest absolute Gasteiger partial charge is 0.383 e. The van der Waals surface area contributed by atoms with Crippen molar-refractivity contribution in [2.24, 2.45) is 0 Å². The maximum atomic E-state index is 5.74. The molecule has 5 nitrogen and oxygen atoms in total. The van der Waals surface area contributed by atoms with Crippen LogP contribution in [0.1, 0.15) is 27.7 Å². The third-order valence-corrected chi connectivity index (χ3v) is 9.12. The van der Waals surface area contributed by atoms with Crippen molar-refractivity contribution in [2.45, 2.75) is 40.8 Å². The van der Waals surface area contributed by atoms with E-state index in [9.17, 15) is 0 Å². The molecule has 17 heavy (non-hydrogen) atoms. The maximum absolute atomic E-state index is 5.74. The molecular formula is C10H27NO4Si2. The first kappa shape index (κ1) is 17.2. The molecular weight excluding hydrogens is 254 g/mol. The lowest BCUT2D eigenvalue weighted by Crippen LogP contribution is -2.68. The highest BCUT2D eigenvalue weighted by atomic mass is 28.4. The Hall–Kier alpha value is 0.234. The minimum atomic E-state index is -2.40. The van der Waals surface area contributed by atoms with Crippen molar-refractivity contribution in [2.75, 3.05) is 26.4 Å². The molecule has 0 aromatic carbocycles. The van der Waals surface area contributed by atoms with Gasteiger partial charge in [-0.3, -0.25) is 4.65 Å². The predicted molar refractivity (Wildman–Crippen MR) is 72.9 cm³/mol. The van der Waals surface area contributed by atoms with Gasteiger partial charge in [-0.1, -0.05) is 0 Å². The van der Waals surface area contributed by atoms with E-state index in [1.165, 1.54) is 0 Å². The van der Waals surface area contributed by atoms with Crippen molar-refractivity contribution in [3.8, 4) is 0 Å². The van der Waals surface area contributed by atoms with Gasteiger partial charge in [-0.2, -0.15) is 0 Å². The zero-order valence-electron chi connectivity index (χ0n) is 12.0. The molecule has 0 heterocycles. The monoisotopic (exact) mass is 281 g/mol. The average Bonchev–Trinajstić information content (AvgIpc) is 2.17. The van der Waals surface area contributed by atoms with Crippen LogP contribution < -0.4 is 4.65 Å². The summed E-state index contributed by atoms with van der Waals surface area (Å²) in [5.41, 5.74) is 0. The fraction of sp³-hybridized carbons (Fsp3) is 1.00. The summed E-state index contributed by atoms with van der Waals surface area (Å²) >= 11 is 0. The molecule has 104 valence electrons. The Bertz CT molecular complexity index is 175. The van der Waals surface area contributed by atoms with Crippen LogP contribution in [0.4, 0.5) is 0 Å². The maximum Gasteiger partial charge on any atom is 0.418 e. The minimum absolute atomic E-state index is 0.623. The second-order valence-electron chi connectivity index (χ2n) is 3.75. The molecule has 7 heteroatoms. The van der Waals surface area contributed by atoms with E-state index in [1.807, 2.05) is 40.8 Å². The van der Waals surface area contributed by atoms with Gasteiger partial charge < -0.3 is 17.7 Å². The summed E-state index contributed by atoms with van der Waals surface area (Å²) in [7, 11) is -4.80. The van der Waals surface area contributed by atoms with Gasteiger partial charge in [-0.25, -0.2) is 0 Å². The summed E-state index contributed by atoms with van der Waals surface area (Å²) in [6.07, 6.45) is 0. The van der Waals surface area contributed by atoms with Crippen molar-refractivity contribution in [3.05, 3.63) is 0 Å². The normalized spacial score (nSPS) is 13.1. The van der Waals surface area contributed by atoms with Crippen LogP contribution in [0.5, 0.6) is 0 Å². The summed E-state index contributed by atoms with van der Waals surface area (Å²) in [4.78, 5) is 0. The SMILES string of the molecule is CCO[Si](C)(N[Si](C)(OCC)OCC)OCC. The first-order valence-electron chi connectivity index (χ1n) is 6.30. The molecule has 0 aliphatic rings. The molecule has 1 N–H and O–H groups in total. The zero-order chi connectivity index (χ0) is 13.4. The van der Waals surface area contributed by atoms with Crippen molar-refractivity contribution >= 4 is 17.4 Å². The molecule has 0 amide bonds. The molecule has 0 saturated carbocycles. The first-order chi connectivity index (χ1) is 7.95. The number of hydrogen-bond acceptors (Lipinski definition) is 5. The average molecular weight is 282 g/mol. The molecule has 0 atom stereocenters. The third-order valence-electron chi connectivity index (χ3n) is 2.13. The van der Waals surface area contributed by atoms with Crippen LogP contribution >= 0.6 is 0 Å². The Balaban J connectivity index is 4.65. The van der Waals surface area contributed by atoms with E-state index in [0.717, 1.165) is 0 Å². The van der Waals surface area contributed by atoms with Crippen molar-refractivity contribution in [1.29, 1.82) is 0 Å². The molecule has 0 rings (SSSR count). The van der Waals surface area contributed by atoms with Crippen LogP contribution in [-0.4, -0.2) is 43.9 Å². The largest absolute Gasteiger partial charge is 0.418 e. The van der Waals surface area contributed by atoms with E-state index in [4.69, 9.17) is 17.7 Å². The molecule has 0 aromatic rings. The number of rotatable bonds is 10. The Morgan fingerprint density at radius 3 is 1.06 bits per heavy atom. The lowest BCUT2D eigenvalue weighted by molar-refractivity contribution is 0.154. The van der Waals surface area contributed by atoms with Gasteiger partial charge in [0.05, 0.1) is 0 Å². The van der Waals surface area contributed by atoms with Gasteiger partial charge >= 0.3 is 17.4 Å². The molecule has 0 radical (unpaired) electrons. The number of hydrogen-bond donors (Lipinski definition) is 1. The summed E-state index contributed by atoms with van der Waals surface area (Å²) in [5, 5.41) is 0. The second-order valence-corrected chi connectivity index (χ2v) is 9.69. The topological polar surface area (TPSA) is 49.0 Å². The van der Waals surface area contributed by atoms with Crippen LogP contribution in [0.2, 0.25) is 13.1 Å². The molecule has 0 aromatic heterocycles. The molecule has 0 saturated heterocycles. The van der Waals surface area contributed by atoms with E-state index in [-0.39, 0.29) is 0 Å². The highest BCUT2D eigenvalue weighted by Gasteiger charge is 2.44. The summed E-state index contributed by atoms with van der Waals surface area (Å²) in [5.74, 6) is 0. The van der Waals surface area contributed by atoms with Gasteiger partial charge in [-0.15, -0.1) is 0 Å². The minimum Gasteiger partial charge on any atom is -0.383 e. The van der Waals surface area contributed by atoms with Crippen LogP contribution in [0.3, 0.4) is 0 Å². The van der Waals surface area contributed by atoms with E-state index >= 15 is 0 Å². The Morgan fingerprint density at radius 1 is 0.647 bits per heavy atom. The van der Waals surface area contributed by atoms with Crippen LogP contribution in [-0.2, 0) is 17.7 Å². The fourth-order valence-electron chi connectivity index (χ4n) is 1.74. The molecule has 0 spiro atoms. The second kappa shape index (κ2) is 8.36. The quantitative estimate of drug-likeness (QED) is 0.619. The van der Waals surface area contributed by atoms with Crippen LogP contribution in [0.15, 0.2) is 0 Å². The van der Waals surface area contributed by atoms with Gasteiger partial charge in [0, 0.05) is 26.4 Å². The van der Waals surface area contributed by atoms with E-state index in [0.29, 0.717) is 26.4 Å². The fourth-order valence-corrected chi connectivity index (χ4v) is 8.57. The van der Waals surface area contributed by atoms with E-state index in [1.54, 1.807) is 0 Å². The van der Waals surface area contributed by atoms with Crippen molar-refractivity contribution < 1.29 is 17.7 Å². The molecule has 0 unspecified atom stereocenters. The molecule has 0 aliphatic heterocycles. The van der Waals surface area contributed by atoms with Gasteiger partial charge in [0.1, 0.15) is 0 Å². The summed E-state index contributed by atoms with van der Waals surface area (Å²) in [6.45, 7) is 14.3. The standard InChI is InChI=1S/C10H27NO4Si2/c1-7-12-16(5,13-8-2)11-17(6,14-9-3)15-10-4/h11H,7-10H2,1-6H3. The Kier molecular flexibility index (Phi) is 8.47. The van der Waals surface area contributed by atoms with Crippen molar-refractivity contribution in [1.82, 2.24) is 4.65 Å². The molecule has 0 bridgehead atoms. The van der Waals surface area contributed by atoms with Gasteiger partial charge in [0.2, 0.25) is 0 Å². The Labute approximate surface area is 107 Å².